The molecule has 0 spiro atoms. The lowest BCUT2D eigenvalue weighted by molar-refractivity contribution is -0.131. The molecule has 7 heteroatoms. The van der Waals surface area contributed by atoms with E-state index in [0.29, 0.717) is 25.1 Å². The fourth-order valence-corrected chi connectivity index (χ4v) is 2.85. The van der Waals surface area contributed by atoms with Crippen LogP contribution in [-0.4, -0.2) is 51.2 Å². The third-order valence-electron chi connectivity index (χ3n) is 4.27. The maximum atomic E-state index is 12.1. The van der Waals surface area contributed by atoms with E-state index in [1.807, 2.05) is 12.1 Å². The molecule has 1 aliphatic heterocycles. The first kappa shape index (κ1) is 17.1. The van der Waals surface area contributed by atoms with Crippen LogP contribution in [0.15, 0.2) is 36.9 Å². The molecule has 1 aromatic carbocycles. The van der Waals surface area contributed by atoms with Crippen molar-refractivity contribution in [2.75, 3.05) is 19.7 Å². The highest BCUT2D eigenvalue weighted by molar-refractivity contribution is 5.89. The Balaban J connectivity index is 1.47. The largest absolute Gasteiger partial charge is 0.460 e. The predicted molar refractivity (Wildman–Crippen MR) is 90.9 cm³/mol. The molecule has 1 aliphatic rings. The number of ether oxygens (including phenoxy) is 1. The van der Waals surface area contributed by atoms with E-state index in [1.54, 1.807) is 28.0 Å². The molecule has 0 bridgehead atoms. The van der Waals surface area contributed by atoms with Crippen molar-refractivity contribution in [3.8, 4) is 0 Å². The Hall–Kier alpha value is -2.70. The Bertz CT molecular complexity index is 698. The number of hydrogen-bond donors (Lipinski definition) is 0. The molecule has 0 N–H and O–H groups in total. The van der Waals surface area contributed by atoms with Crippen LogP contribution in [0.5, 0.6) is 0 Å². The zero-order valence-electron chi connectivity index (χ0n) is 14.1. The number of aromatic nitrogens is 3. The molecular formula is C18H22N4O3. The molecule has 25 heavy (non-hydrogen) atoms. The predicted octanol–water partition coefficient (Wildman–Crippen LogP) is 1.89. The number of carbonyl (C=O) groups is 2. The number of hydrogen-bond acceptors (Lipinski definition) is 5. The van der Waals surface area contributed by atoms with Gasteiger partial charge in [0.2, 0.25) is 5.91 Å². The molecule has 7 nitrogen and oxygen atoms in total. The van der Waals surface area contributed by atoms with E-state index in [-0.39, 0.29) is 18.5 Å². The monoisotopic (exact) mass is 342 g/mol. The SMILES string of the molecule is O=C(OCCN1CCCCCC1=O)c1ccc(Cn2cncn2)cc1. The van der Waals surface area contributed by atoms with Gasteiger partial charge in [0, 0.05) is 13.0 Å². The summed E-state index contributed by atoms with van der Waals surface area (Å²) in [5.74, 6) is -0.208. The molecule has 0 atom stereocenters. The van der Waals surface area contributed by atoms with Gasteiger partial charge in [-0.1, -0.05) is 18.6 Å². The number of benzene rings is 1. The minimum atomic E-state index is -0.366. The summed E-state index contributed by atoms with van der Waals surface area (Å²) in [5.41, 5.74) is 1.53. The standard InChI is InChI=1S/C18H22N4O3/c23-17-4-2-1-3-9-21(17)10-11-25-18(24)16-7-5-15(6-8-16)12-22-14-19-13-20-22/h5-8,13-14H,1-4,9-12H2. The number of esters is 1. The van der Waals surface area contributed by atoms with E-state index in [0.717, 1.165) is 31.4 Å². The molecule has 0 saturated carbocycles. The van der Waals surface area contributed by atoms with Crippen molar-refractivity contribution in [1.82, 2.24) is 19.7 Å². The number of carbonyl (C=O) groups excluding carboxylic acids is 2. The molecule has 0 aliphatic carbocycles. The van der Waals surface area contributed by atoms with Crippen molar-refractivity contribution in [2.45, 2.75) is 32.2 Å². The number of likely N-dealkylation sites (tertiary alicyclic amines) is 1. The fourth-order valence-electron chi connectivity index (χ4n) is 2.85. The first-order valence-electron chi connectivity index (χ1n) is 8.58. The van der Waals surface area contributed by atoms with E-state index in [4.69, 9.17) is 4.74 Å². The third kappa shape index (κ3) is 4.89. The minimum Gasteiger partial charge on any atom is -0.460 e. The van der Waals surface area contributed by atoms with E-state index in [9.17, 15) is 9.59 Å². The van der Waals surface area contributed by atoms with E-state index < -0.39 is 0 Å². The van der Waals surface area contributed by atoms with E-state index >= 15 is 0 Å². The topological polar surface area (TPSA) is 77.3 Å². The lowest BCUT2D eigenvalue weighted by atomic mass is 10.1. The minimum absolute atomic E-state index is 0.158. The van der Waals surface area contributed by atoms with Gasteiger partial charge in [0.1, 0.15) is 19.3 Å². The molecular weight excluding hydrogens is 320 g/mol. The fraction of sp³-hybridized carbons (Fsp3) is 0.444. The number of rotatable bonds is 6. The highest BCUT2D eigenvalue weighted by atomic mass is 16.5. The average molecular weight is 342 g/mol. The van der Waals surface area contributed by atoms with Gasteiger partial charge in [-0.05, 0) is 30.5 Å². The third-order valence-corrected chi connectivity index (χ3v) is 4.27. The van der Waals surface area contributed by atoms with Crippen LogP contribution >= 0.6 is 0 Å². The molecule has 2 aromatic rings. The van der Waals surface area contributed by atoms with Crippen LogP contribution in [0, 0.1) is 0 Å². The molecule has 0 unspecified atom stereocenters. The van der Waals surface area contributed by atoms with Gasteiger partial charge in [0.05, 0.1) is 18.7 Å². The van der Waals surface area contributed by atoms with Gasteiger partial charge in [0.15, 0.2) is 0 Å². The molecule has 1 fully saturated rings. The number of nitrogens with zero attached hydrogens (tertiary/aromatic N) is 4. The van der Waals surface area contributed by atoms with Gasteiger partial charge in [-0.25, -0.2) is 14.5 Å². The normalized spacial score (nSPS) is 15.0. The Labute approximate surface area is 146 Å². The van der Waals surface area contributed by atoms with Crippen LogP contribution in [-0.2, 0) is 16.1 Å². The van der Waals surface area contributed by atoms with Gasteiger partial charge in [-0.3, -0.25) is 4.79 Å². The summed E-state index contributed by atoms with van der Waals surface area (Å²) in [6, 6.07) is 7.23. The lowest BCUT2D eigenvalue weighted by Gasteiger charge is -2.20. The van der Waals surface area contributed by atoms with Crippen molar-refractivity contribution in [3.05, 3.63) is 48.0 Å². The van der Waals surface area contributed by atoms with Crippen LogP contribution < -0.4 is 0 Å². The molecule has 132 valence electrons. The molecule has 2 heterocycles. The molecule has 3 rings (SSSR count). The second kappa shape index (κ2) is 8.41. The summed E-state index contributed by atoms with van der Waals surface area (Å²) in [6.07, 6.45) is 6.79. The Morgan fingerprint density at radius 3 is 2.76 bits per heavy atom. The van der Waals surface area contributed by atoms with Crippen molar-refractivity contribution in [3.63, 3.8) is 0 Å². The zero-order chi connectivity index (χ0) is 17.5. The van der Waals surface area contributed by atoms with Crippen molar-refractivity contribution >= 4 is 11.9 Å². The summed E-state index contributed by atoms with van der Waals surface area (Å²) in [6.45, 7) is 2.06. The Morgan fingerprint density at radius 1 is 1.16 bits per heavy atom. The maximum absolute atomic E-state index is 12.1. The first-order chi connectivity index (χ1) is 12.2. The summed E-state index contributed by atoms with van der Waals surface area (Å²) in [5, 5.41) is 4.05. The Morgan fingerprint density at radius 2 is 2.00 bits per heavy atom. The van der Waals surface area contributed by atoms with Gasteiger partial charge in [-0.15, -0.1) is 0 Å². The molecule has 1 amide bonds. The van der Waals surface area contributed by atoms with Gasteiger partial charge in [-0.2, -0.15) is 5.10 Å². The summed E-state index contributed by atoms with van der Waals surface area (Å²) < 4.78 is 7.02. The molecule has 1 saturated heterocycles. The summed E-state index contributed by atoms with van der Waals surface area (Å²) in [4.78, 5) is 29.7. The lowest BCUT2D eigenvalue weighted by Crippen LogP contribution is -2.33. The van der Waals surface area contributed by atoms with E-state index in [1.165, 1.54) is 6.33 Å². The summed E-state index contributed by atoms with van der Waals surface area (Å²) >= 11 is 0. The van der Waals surface area contributed by atoms with Crippen LogP contribution in [0.1, 0.15) is 41.6 Å². The van der Waals surface area contributed by atoms with Crippen LogP contribution in [0.25, 0.3) is 0 Å². The van der Waals surface area contributed by atoms with Crippen LogP contribution in [0.3, 0.4) is 0 Å². The smallest absolute Gasteiger partial charge is 0.338 e. The van der Waals surface area contributed by atoms with Crippen molar-refractivity contribution in [2.24, 2.45) is 0 Å². The van der Waals surface area contributed by atoms with Crippen molar-refractivity contribution in [1.29, 1.82) is 0 Å². The second-order valence-corrected chi connectivity index (χ2v) is 6.12. The number of amides is 1. The van der Waals surface area contributed by atoms with E-state index in [2.05, 4.69) is 10.1 Å². The van der Waals surface area contributed by atoms with Gasteiger partial charge in [0.25, 0.3) is 0 Å². The average Bonchev–Trinajstić information content (AvgIpc) is 3.04. The quantitative estimate of drug-likeness (QED) is 0.749. The van der Waals surface area contributed by atoms with Gasteiger partial charge >= 0.3 is 5.97 Å². The van der Waals surface area contributed by atoms with Crippen molar-refractivity contribution < 1.29 is 14.3 Å². The van der Waals surface area contributed by atoms with Crippen LogP contribution in [0.4, 0.5) is 0 Å². The molecule has 0 radical (unpaired) electrons. The van der Waals surface area contributed by atoms with Crippen LogP contribution in [0.2, 0.25) is 0 Å². The zero-order valence-corrected chi connectivity index (χ0v) is 14.1. The Kier molecular flexibility index (Phi) is 5.77. The highest BCUT2D eigenvalue weighted by Gasteiger charge is 2.17. The second-order valence-electron chi connectivity index (χ2n) is 6.12. The first-order valence-corrected chi connectivity index (χ1v) is 8.58. The maximum Gasteiger partial charge on any atom is 0.338 e. The summed E-state index contributed by atoms with van der Waals surface area (Å²) in [7, 11) is 0. The highest BCUT2D eigenvalue weighted by Crippen LogP contribution is 2.11. The molecule has 1 aromatic heterocycles. The van der Waals surface area contributed by atoms with Gasteiger partial charge < -0.3 is 9.64 Å².